The van der Waals surface area contributed by atoms with Gasteiger partial charge in [0.25, 0.3) is 0 Å². The lowest BCUT2D eigenvalue weighted by atomic mass is 9.90. The lowest BCUT2D eigenvalue weighted by Gasteiger charge is -2.30. The van der Waals surface area contributed by atoms with Crippen molar-refractivity contribution in [3.63, 3.8) is 0 Å². The van der Waals surface area contributed by atoms with Crippen LogP contribution in [0.5, 0.6) is 5.75 Å². The Balaban J connectivity index is 1.65. The summed E-state index contributed by atoms with van der Waals surface area (Å²) in [6.07, 6.45) is 3.99. The average molecular weight is 326 g/mol. The van der Waals surface area contributed by atoms with Gasteiger partial charge in [0, 0.05) is 16.4 Å². The molecule has 2 aliphatic rings. The molecule has 2 aliphatic heterocycles. The Morgan fingerprint density at radius 2 is 1.87 bits per heavy atom. The molecular formula is C20H24NOS+. The zero-order chi connectivity index (χ0) is 15.6. The molecule has 120 valence electrons. The molecule has 0 bridgehead atoms. The number of hydrogen-bond donors (Lipinski definition) is 1. The molecule has 23 heavy (non-hydrogen) atoms. The minimum Gasteiger partial charge on any atom is -0.484 e. The standard InChI is InChI=1S/C20H23NOS/c1-21-12-6-7-15(14-21)13-18-16-8-2-4-10-19(16)23-20-11-5-3-9-17(20)22-18/h2-5,8-11,15,18H,6-7,12-14H2,1H3/p+1/t15-,18+/m0/s1. The summed E-state index contributed by atoms with van der Waals surface area (Å²) in [5.41, 5.74) is 1.36. The van der Waals surface area contributed by atoms with Crippen LogP contribution in [0.15, 0.2) is 58.3 Å². The van der Waals surface area contributed by atoms with Gasteiger partial charge in [-0.2, -0.15) is 0 Å². The lowest BCUT2D eigenvalue weighted by Crippen LogP contribution is -3.10. The van der Waals surface area contributed by atoms with E-state index in [9.17, 15) is 0 Å². The summed E-state index contributed by atoms with van der Waals surface area (Å²) in [5.74, 6) is 1.80. The molecular weight excluding hydrogens is 302 g/mol. The van der Waals surface area contributed by atoms with Gasteiger partial charge in [0.05, 0.1) is 25.0 Å². The van der Waals surface area contributed by atoms with Gasteiger partial charge < -0.3 is 9.64 Å². The third-order valence-electron chi connectivity index (χ3n) is 5.00. The van der Waals surface area contributed by atoms with Crippen molar-refractivity contribution in [1.82, 2.24) is 0 Å². The van der Waals surface area contributed by atoms with Gasteiger partial charge in [-0.25, -0.2) is 0 Å². The molecule has 0 spiro atoms. The van der Waals surface area contributed by atoms with E-state index in [2.05, 4.69) is 55.6 Å². The smallest absolute Gasteiger partial charge is 0.134 e. The van der Waals surface area contributed by atoms with Gasteiger partial charge in [-0.05, 0) is 37.5 Å². The van der Waals surface area contributed by atoms with Crippen LogP contribution in [-0.4, -0.2) is 20.1 Å². The topological polar surface area (TPSA) is 13.7 Å². The highest BCUT2D eigenvalue weighted by Crippen LogP contribution is 2.45. The fourth-order valence-electron chi connectivity index (χ4n) is 3.87. The summed E-state index contributed by atoms with van der Waals surface area (Å²) < 4.78 is 6.49. The predicted molar refractivity (Wildman–Crippen MR) is 94.3 cm³/mol. The number of rotatable bonds is 2. The summed E-state index contributed by atoms with van der Waals surface area (Å²) in [6.45, 7) is 2.59. The van der Waals surface area contributed by atoms with Crippen LogP contribution < -0.4 is 9.64 Å². The Kier molecular flexibility index (Phi) is 4.32. The molecule has 0 amide bonds. The second kappa shape index (κ2) is 6.58. The molecule has 0 aliphatic carbocycles. The number of nitrogens with one attached hydrogen (secondary N) is 1. The number of para-hydroxylation sites is 1. The summed E-state index contributed by atoms with van der Waals surface area (Å²) >= 11 is 1.84. The van der Waals surface area contributed by atoms with E-state index >= 15 is 0 Å². The van der Waals surface area contributed by atoms with Crippen molar-refractivity contribution < 1.29 is 9.64 Å². The zero-order valence-electron chi connectivity index (χ0n) is 13.6. The first kappa shape index (κ1) is 15.1. The first-order valence-electron chi connectivity index (χ1n) is 8.63. The van der Waals surface area contributed by atoms with Crippen molar-refractivity contribution in [1.29, 1.82) is 0 Å². The van der Waals surface area contributed by atoms with Crippen molar-refractivity contribution in [2.24, 2.45) is 5.92 Å². The summed E-state index contributed by atoms with van der Waals surface area (Å²) in [7, 11) is 2.32. The normalized spacial score (nSPS) is 26.6. The van der Waals surface area contributed by atoms with Gasteiger partial charge >= 0.3 is 0 Å². The lowest BCUT2D eigenvalue weighted by molar-refractivity contribution is -0.888. The fourth-order valence-corrected chi connectivity index (χ4v) is 4.94. The maximum absolute atomic E-state index is 6.49. The number of benzene rings is 2. The highest BCUT2D eigenvalue weighted by molar-refractivity contribution is 7.99. The molecule has 1 unspecified atom stereocenters. The van der Waals surface area contributed by atoms with Crippen LogP contribution >= 0.6 is 11.8 Å². The molecule has 2 heterocycles. The second-order valence-corrected chi connectivity index (χ2v) is 7.93. The molecule has 3 heteroatoms. The van der Waals surface area contributed by atoms with Crippen molar-refractivity contribution >= 4 is 11.8 Å². The van der Waals surface area contributed by atoms with E-state index in [-0.39, 0.29) is 6.10 Å². The number of likely N-dealkylation sites (tertiary alicyclic amines) is 1. The molecule has 0 saturated carbocycles. The van der Waals surface area contributed by atoms with Crippen molar-refractivity contribution in [3.05, 3.63) is 54.1 Å². The summed E-state index contributed by atoms with van der Waals surface area (Å²) in [6, 6.07) is 17.2. The van der Waals surface area contributed by atoms with Crippen LogP contribution in [0.2, 0.25) is 0 Å². The Bertz CT molecular complexity index is 687. The number of fused-ring (bicyclic) bond motifs is 2. The van der Waals surface area contributed by atoms with Gasteiger partial charge in [0.2, 0.25) is 0 Å². The first-order chi connectivity index (χ1) is 11.3. The highest BCUT2D eigenvalue weighted by Gasteiger charge is 2.29. The largest absolute Gasteiger partial charge is 0.484 e. The van der Waals surface area contributed by atoms with E-state index in [0.29, 0.717) is 0 Å². The number of quaternary nitrogens is 1. The number of hydrogen-bond acceptors (Lipinski definition) is 2. The monoisotopic (exact) mass is 326 g/mol. The van der Waals surface area contributed by atoms with Crippen LogP contribution in [0, 0.1) is 5.92 Å². The zero-order valence-corrected chi connectivity index (χ0v) is 14.4. The van der Waals surface area contributed by atoms with E-state index in [1.165, 1.54) is 41.3 Å². The third kappa shape index (κ3) is 3.26. The van der Waals surface area contributed by atoms with E-state index in [4.69, 9.17) is 4.74 Å². The molecule has 1 fully saturated rings. The molecule has 2 aromatic carbocycles. The number of ether oxygens (including phenoxy) is 1. The summed E-state index contributed by atoms with van der Waals surface area (Å²) in [4.78, 5) is 4.24. The molecule has 2 nitrogen and oxygen atoms in total. The van der Waals surface area contributed by atoms with Gasteiger partial charge in [0.1, 0.15) is 11.9 Å². The molecule has 4 rings (SSSR count). The minimum absolute atomic E-state index is 0.179. The second-order valence-electron chi connectivity index (χ2n) is 6.85. The van der Waals surface area contributed by atoms with Crippen molar-refractivity contribution in [2.45, 2.75) is 35.2 Å². The van der Waals surface area contributed by atoms with Gasteiger partial charge in [-0.3, -0.25) is 0 Å². The van der Waals surface area contributed by atoms with Crippen molar-refractivity contribution in [3.8, 4) is 5.75 Å². The van der Waals surface area contributed by atoms with E-state index in [1.54, 1.807) is 4.90 Å². The Hall–Kier alpha value is -1.45. The van der Waals surface area contributed by atoms with E-state index in [0.717, 1.165) is 18.1 Å². The molecule has 1 N–H and O–H groups in total. The first-order valence-corrected chi connectivity index (χ1v) is 9.45. The molecule has 1 saturated heterocycles. The van der Waals surface area contributed by atoms with Crippen LogP contribution in [-0.2, 0) is 0 Å². The van der Waals surface area contributed by atoms with Crippen LogP contribution in [0.25, 0.3) is 0 Å². The van der Waals surface area contributed by atoms with Crippen molar-refractivity contribution in [2.75, 3.05) is 20.1 Å². The van der Waals surface area contributed by atoms with Gasteiger partial charge in [-0.1, -0.05) is 42.1 Å². The van der Waals surface area contributed by atoms with Crippen LogP contribution in [0.4, 0.5) is 0 Å². The molecule has 2 aromatic rings. The van der Waals surface area contributed by atoms with Gasteiger partial charge in [-0.15, -0.1) is 0 Å². The van der Waals surface area contributed by atoms with E-state index < -0.39 is 0 Å². The summed E-state index contributed by atoms with van der Waals surface area (Å²) in [5, 5.41) is 0. The third-order valence-corrected chi connectivity index (χ3v) is 6.15. The Labute approximate surface area is 142 Å². The fraction of sp³-hybridized carbons (Fsp3) is 0.400. The molecule has 0 aromatic heterocycles. The number of piperidine rings is 1. The maximum atomic E-state index is 6.49. The van der Waals surface area contributed by atoms with E-state index in [1.807, 2.05) is 11.8 Å². The Morgan fingerprint density at radius 3 is 2.74 bits per heavy atom. The highest BCUT2D eigenvalue weighted by atomic mass is 32.2. The quantitative estimate of drug-likeness (QED) is 0.906. The predicted octanol–water partition coefficient (Wildman–Crippen LogP) is 3.59. The molecule has 0 radical (unpaired) electrons. The SMILES string of the molecule is C[NH+]1CCC[C@@H](C[C@H]2Oc3ccccc3Sc3ccccc32)C1. The van der Waals surface area contributed by atoms with Crippen LogP contribution in [0.1, 0.15) is 30.9 Å². The minimum atomic E-state index is 0.179. The average Bonchev–Trinajstić information content (AvgIpc) is 2.71. The van der Waals surface area contributed by atoms with Gasteiger partial charge in [0.15, 0.2) is 0 Å². The molecule has 3 atom stereocenters. The van der Waals surface area contributed by atoms with Crippen LogP contribution in [0.3, 0.4) is 0 Å². The Morgan fingerprint density at radius 1 is 1.09 bits per heavy atom. The maximum Gasteiger partial charge on any atom is 0.134 e.